The molecule has 2 aromatic carbocycles. The second-order valence-corrected chi connectivity index (χ2v) is 6.52. The minimum Gasteiger partial charge on any atom is -0.486 e. The number of nitrogens with zero attached hydrogens (tertiary/aromatic N) is 4. The van der Waals surface area contributed by atoms with Crippen molar-refractivity contribution in [2.24, 2.45) is 7.05 Å². The third-order valence-electron chi connectivity index (χ3n) is 4.66. The van der Waals surface area contributed by atoms with Gasteiger partial charge in [0.1, 0.15) is 18.6 Å². The van der Waals surface area contributed by atoms with Crippen molar-refractivity contribution < 1.29 is 9.66 Å². The number of nitrogens with one attached hydrogen (secondary N) is 1. The lowest BCUT2D eigenvalue weighted by atomic mass is 10.0. The largest absolute Gasteiger partial charge is 0.486 e. The second kappa shape index (κ2) is 7.55. The van der Waals surface area contributed by atoms with E-state index in [-0.39, 0.29) is 18.1 Å². The number of aromatic amines is 1. The zero-order valence-electron chi connectivity index (χ0n) is 15.5. The molecular weight excluding hydrogens is 374 g/mol. The molecule has 0 aliphatic heterocycles. The summed E-state index contributed by atoms with van der Waals surface area (Å²) >= 11 is 0. The summed E-state index contributed by atoms with van der Waals surface area (Å²) in [5, 5.41) is 18.9. The molecule has 0 atom stereocenters. The van der Waals surface area contributed by atoms with Gasteiger partial charge in [0.25, 0.3) is 5.56 Å². The number of H-pyrrole nitrogens is 1. The molecule has 0 fully saturated rings. The molecule has 0 radical (unpaired) electrons. The van der Waals surface area contributed by atoms with Gasteiger partial charge in [-0.3, -0.25) is 4.79 Å². The predicted octanol–water partition coefficient (Wildman–Crippen LogP) is 2.73. The highest BCUT2D eigenvalue weighted by Gasteiger charge is 2.17. The minimum absolute atomic E-state index is 0.105. The molecule has 9 heteroatoms. The Kier molecular flexibility index (Phi) is 4.78. The summed E-state index contributed by atoms with van der Waals surface area (Å²) in [6, 6.07) is 15.0. The number of benzene rings is 2. The van der Waals surface area contributed by atoms with Crippen LogP contribution in [0, 0.1) is 10.1 Å². The van der Waals surface area contributed by atoms with Crippen molar-refractivity contribution in [3.8, 4) is 5.75 Å². The Labute approximate surface area is 164 Å². The van der Waals surface area contributed by atoms with Crippen molar-refractivity contribution in [1.29, 1.82) is 0 Å². The van der Waals surface area contributed by atoms with E-state index >= 15 is 0 Å². The van der Waals surface area contributed by atoms with Gasteiger partial charge >= 0.3 is 5.95 Å². The van der Waals surface area contributed by atoms with Crippen LogP contribution in [0.5, 0.6) is 5.75 Å². The fourth-order valence-electron chi connectivity index (χ4n) is 3.11. The van der Waals surface area contributed by atoms with Gasteiger partial charge in [-0.05, 0) is 28.7 Å². The number of hydrogen-bond donors (Lipinski definition) is 1. The van der Waals surface area contributed by atoms with E-state index in [1.54, 1.807) is 25.2 Å². The van der Waals surface area contributed by atoms with E-state index in [2.05, 4.69) is 15.2 Å². The van der Waals surface area contributed by atoms with Crippen LogP contribution < -0.4 is 10.3 Å². The highest BCUT2D eigenvalue weighted by atomic mass is 16.6. The van der Waals surface area contributed by atoms with Crippen LogP contribution in [-0.2, 0) is 20.1 Å². The summed E-state index contributed by atoms with van der Waals surface area (Å²) in [6.07, 6.45) is 1.97. The third kappa shape index (κ3) is 3.70. The van der Waals surface area contributed by atoms with Crippen LogP contribution >= 0.6 is 0 Å². The zero-order valence-corrected chi connectivity index (χ0v) is 15.5. The van der Waals surface area contributed by atoms with Crippen LogP contribution in [0.1, 0.15) is 17.0 Å². The number of hydrogen-bond acceptors (Lipinski definition) is 6. The Bertz CT molecular complexity index is 1250. The Morgan fingerprint density at radius 3 is 2.69 bits per heavy atom. The number of fused-ring (bicyclic) bond motifs is 1. The summed E-state index contributed by atoms with van der Waals surface area (Å²) < 4.78 is 7.16. The number of nitro groups is 1. The predicted molar refractivity (Wildman–Crippen MR) is 106 cm³/mol. The van der Waals surface area contributed by atoms with Crippen molar-refractivity contribution in [3.05, 3.63) is 92.1 Å². The molecule has 29 heavy (non-hydrogen) atoms. The maximum Gasteiger partial charge on any atom is 0.434 e. The second-order valence-electron chi connectivity index (χ2n) is 6.52. The van der Waals surface area contributed by atoms with E-state index < -0.39 is 4.92 Å². The van der Waals surface area contributed by atoms with Gasteiger partial charge < -0.3 is 14.9 Å². The average Bonchev–Trinajstić information content (AvgIpc) is 3.10. The first-order valence-electron chi connectivity index (χ1n) is 8.86. The smallest absolute Gasteiger partial charge is 0.434 e. The molecule has 4 rings (SSSR count). The molecule has 0 amide bonds. The SMILES string of the molecule is Cn1c(COc2ccc3c(=O)[nH]nc(Cc4ccccc4)c3c2)cnc1[N+](=O)[O-]. The first-order chi connectivity index (χ1) is 14.0. The van der Waals surface area contributed by atoms with Gasteiger partial charge in [-0.25, -0.2) is 9.67 Å². The van der Waals surface area contributed by atoms with Crippen molar-refractivity contribution >= 4 is 16.7 Å². The molecule has 9 nitrogen and oxygen atoms in total. The van der Waals surface area contributed by atoms with Crippen molar-refractivity contribution in [3.63, 3.8) is 0 Å². The molecule has 0 saturated carbocycles. The van der Waals surface area contributed by atoms with Gasteiger partial charge in [-0.1, -0.05) is 35.3 Å². The Morgan fingerprint density at radius 2 is 1.97 bits per heavy atom. The summed E-state index contributed by atoms with van der Waals surface area (Å²) in [5.41, 5.74) is 2.09. The lowest BCUT2D eigenvalue weighted by Gasteiger charge is -2.09. The Balaban J connectivity index is 1.63. The molecular formula is C20H17N5O4. The van der Waals surface area contributed by atoms with Crippen LogP contribution in [0.2, 0.25) is 0 Å². The normalized spacial score (nSPS) is 10.9. The average molecular weight is 391 g/mol. The van der Waals surface area contributed by atoms with Gasteiger partial charge in [0, 0.05) is 11.8 Å². The van der Waals surface area contributed by atoms with Crippen LogP contribution in [0.15, 0.2) is 59.5 Å². The molecule has 0 aliphatic carbocycles. The molecule has 0 unspecified atom stereocenters. The number of imidazole rings is 1. The number of aromatic nitrogens is 4. The lowest BCUT2D eigenvalue weighted by Crippen LogP contribution is -2.11. The topological polar surface area (TPSA) is 116 Å². The maximum atomic E-state index is 12.2. The molecule has 0 spiro atoms. The Morgan fingerprint density at radius 1 is 1.17 bits per heavy atom. The third-order valence-corrected chi connectivity index (χ3v) is 4.66. The van der Waals surface area contributed by atoms with E-state index in [9.17, 15) is 14.9 Å². The van der Waals surface area contributed by atoms with Crippen LogP contribution in [0.3, 0.4) is 0 Å². The molecule has 2 heterocycles. The fraction of sp³-hybridized carbons (Fsp3) is 0.150. The van der Waals surface area contributed by atoms with Gasteiger partial charge in [-0.15, -0.1) is 0 Å². The fourth-order valence-corrected chi connectivity index (χ4v) is 3.11. The molecule has 4 aromatic rings. The first-order valence-corrected chi connectivity index (χ1v) is 8.86. The summed E-state index contributed by atoms with van der Waals surface area (Å²) in [7, 11) is 1.56. The molecule has 0 bridgehead atoms. The van der Waals surface area contributed by atoms with Gasteiger partial charge in [0.2, 0.25) is 0 Å². The monoisotopic (exact) mass is 391 g/mol. The van der Waals surface area contributed by atoms with Crippen LogP contribution in [0.4, 0.5) is 5.95 Å². The molecule has 146 valence electrons. The maximum absolute atomic E-state index is 12.2. The van der Waals surface area contributed by atoms with E-state index in [1.807, 2.05) is 30.3 Å². The van der Waals surface area contributed by atoms with Gasteiger partial charge in [-0.2, -0.15) is 5.10 Å². The minimum atomic E-state index is -0.548. The first kappa shape index (κ1) is 18.4. The zero-order chi connectivity index (χ0) is 20.4. The number of ether oxygens (including phenoxy) is 1. The van der Waals surface area contributed by atoms with E-state index in [0.717, 1.165) is 11.3 Å². The van der Waals surface area contributed by atoms with E-state index in [0.29, 0.717) is 28.6 Å². The van der Waals surface area contributed by atoms with Gasteiger partial charge in [0.15, 0.2) is 5.69 Å². The van der Waals surface area contributed by atoms with Crippen molar-refractivity contribution in [2.45, 2.75) is 13.0 Å². The van der Waals surface area contributed by atoms with E-state index in [4.69, 9.17) is 4.74 Å². The molecule has 0 saturated heterocycles. The summed E-state index contributed by atoms with van der Waals surface area (Å²) in [5.74, 6) is 0.283. The molecule has 0 aliphatic rings. The van der Waals surface area contributed by atoms with Gasteiger partial charge in [0.05, 0.1) is 18.1 Å². The summed E-state index contributed by atoms with van der Waals surface area (Å²) in [4.78, 5) is 26.3. The van der Waals surface area contributed by atoms with Crippen molar-refractivity contribution in [1.82, 2.24) is 19.7 Å². The van der Waals surface area contributed by atoms with Crippen molar-refractivity contribution in [2.75, 3.05) is 0 Å². The number of rotatable bonds is 6. The highest BCUT2D eigenvalue weighted by Crippen LogP contribution is 2.23. The van der Waals surface area contributed by atoms with Crippen LogP contribution in [0.25, 0.3) is 10.8 Å². The standard InChI is InChI=1S/C20H17N5O4/c1-24-14(11-21-20(24)25(27)28)12-29-15-7-8-16-17(10-15)18(22-23-19(16)26)9-13-5-3-2-4-6-13/h2-8,10-11H,9,12H2,1H3,(H,23,26). The molecule has 2 aromatic heterocycles. The van der Waals surface area contributed by atoms with Crippen LogP contribution in [-0.4, -0.2) is 24.7 Å². The lowest BCUT2D eigenvalue weighted by molar-refractivity contribution is -0.396. The molecule has 1 N–H and O–H groups in total. The summed E-state index contributed by atoms with van der Waals surface area (Å²) in [6.45, 7) is 0.105. The Hall–Kier alpha value is -4.01. The highest BCUT2D eigenvalue weighted by molar-refractivity contribution is 5.85. The van der Waals surface area contributed by atoms with E-state index in [1.165, 1.54) is 10.8 Å². The quantitative estimate of drug-likeness (QED) is 0.399.